The van der Waals surface area contributed by atoms with Crippen LogP contribution in [0.3, 0.4) is 0 Å². The molecule has 0 aromatic rings. The third-order valence-electron chi connectivity index (χ3n) is 1.77. The van der Waals surface area contributed by atoms with Crippen molar-refractivity contribution in [1.82, 2.24) is 0 Å². The predicted molar refractivity (Wildman–Crippen MR) is 51.4 cm³/mol. The van der Waals surface area contributed by atoms with Gasteiger partial charge >= 0.3 is 54.5 Å². The zero-order valence-electron chi connectivity index (χ0n) is 11.8. The molecule has 0 spiro atoms. The highest BCUT2D eigenvalue weighted by atomic mass is 19.4. The molecular formula is C9HF15O4. The number of ether oxygens (including phenoxy) is 2. The van der Waals surface area contributed by atoms with Crippen molar-refractivity contribution in [3.05, 3.63) is 24.3 Å². The van der Waals surface area contributed by atoms with E-state index in [0.29, 0.717) is 0 Å². The molecule has 0 saturated carbocycles. The van der Waals surface area contributed by atoms with E-state index in [-0.39, 0.29) is 0 Å². The Kier molecular flexibility index (Phi) is 9.20. The summed E-state index contributed by atoms with van der Waals surface area (Å²) in [6, 6.07) is -3.74. The van der Waals surface area contributed by atoms with E-state index in [1.807, 2.05) is 9.47 Å². The van der Waals surface area contributed by atoms with Gasteiger partial charge in [-0.1, -0.05) is 0 Å². The quantitative estimate of drug-likeness (QED) is 0.420. The number of rotatable bonds is 6. The fraction of sp³-hybridized carbons (Fsp3) is 0.444. The normalized spacial score (nSPS) is 14.2. The molecular weight excluding hydrogens is 457 g/mol. The molecule has 166 valence electrons. The number of carbonyl (C=O) groups is 1. The molecule has 28 heavy (non-hydrogen) atoms. The van der Waals surface area contributed by atoms with Gasteiger partial charge in [0, 0.05) is 0 Å². The lowest BCUT2D eigenvalue weighted by Gasteiger charge is -2.34. The van der Waals surface area contributed by atoms with Gasteiger partial charge < -0.3 is 9.84 Å². The van der Waals surface area contributed by atoms with Gasteiger partial charge in [0.1, 0.15) is 0 Å². The fourth-order valence-electron chi connectivity index (χ4n) is 0.719. The number of aliphatic carboxylic acids is 1. The summed E-state index contributed by atoms with van der Waals surface area (Å²) in [4.78, 5) is 9.78. The summed E-state index contributed by atoms with van der Waals surface area (Å²) in [7, 11) is 0. The van der Waals surface area contributed by atoms with Crippen LogP contribution in [0.2, 0.25) is 0 Å². The highest BCUT2D eigenvalue weighted by Gasteiger charge is 2.79. The van der Waals surface area contributed by atoms with Gasteiger partial charge in [0.05, 0.1) is 0 Å². The second-order valence-corrected chi connectivity index (χ2v) is 3.69. The van der Waals surface area contributed by atoms with Crippen LogP contribution in [0.15, 0.2) is 24.3 Å². The van der Waals surface area contributed by atoms with Crippen molar-refractivity contribution < 1.29 is 85.2 Å². The number of carboxylic acids is 1. The Hall–Kier alpha value is -2.34. The average Bonchev–Trinajstić information content (AvgIpc) is 2.44. The van der Waals surface area contributed by atoms with Crippen molar-refractivity contribution >= 4 is 5.97 Å². The van der Waals surface area contributed by atoms with Crippen LogP contribution in [0.5, 0.6) is 0 Å². The molecule has 0 saturated heterocycles. The maximum absolute atomic E-state index is 13.2. The van der Waals surface area contributed by atoms with Crippen LogP contribution < -0.4 is 0 Å². The largest absolute Gasteiger partial charge is 0.475 e. The maximum atomic E-state index is 13.2. The van der Waals surface area contributed by atoms with Crippen LogP contribution in [0.1, 0.15) is 0 Å². The summed E-state index contributed by atoms with van der Waals surface area (Å²) < 4.78 is 180. The summed E-state index contributed by atoms with van der Waals surface area (Å²) in [5, 5.41) is 7.71. The molecule has 19 heteroatoms. The molecule has 0 amide bonds. The Morgan fingerprint density at radius 3 is 1.25 bits per heavy atom. The van der Waals surface area contributed by atoms with E-state index in [1.54, 1.807) is 0 Å². The minimum absolute atomic E-state index is 1.86. The minimum atomic E-state index is -7.14. The summed E-state index contributed by atoms with van der Waals surface area (Å²) in [6.07, 6.45) is -29.8. The molecule has 0 radical (unpaired) electrons. The Morgan fingerprint density at radius 1 is 0.679 bits per heavy atom. The highest BCUT2D eigenvalue weighted by Crippen LogP contribution is 2.50. The first-order chi connectivity index (χ1) is 12.1. The Bertz CT molecular complexity index is 601. The van der Waals surface area contributed by atoms with Crippen molar-refractivity contribution in [3.63, 3.8) is 0 Å². The number of hydrogen-bond donors (Lipinski definition) is 1. The minimum Gasteiger partial charge on any atom is -0.475 e. The molecule has 4 nitrogen and oxygen atoms in total. The van der Waals surface area contributed by atoms with E-state index in [0.717, 1.165) is 0 Å². The third-order valence-corrected chi connectivity index (χ3v) is 1.77. The van der Waals surface area contributed by atoms with Crippen LogP contribution in [0.25, 0.3) is 0 Å². The van der Waals surface area contributed by atoms with Crippen molar-refractivity contribution in [2.75, 3.05) is 0 Å². The van der Waals surface area contributed by atoms with Gasteiger partial charge in [-0.05, 0) is 0 Å². The molecule has 0 heterocycles. The topological polar surface area (TPSA) is 55.8 Å². The molecule has 0 aliphatic heterocycles. The first-order valence-corrected chi connectivity index (χ1v) is 5.33. The van der Waals surface area contributed by atoms with Crippen LogP contribution in [-0.4, -0.2) is 35.3 Å². The van der Waals surface area contributed by atoms with Crippen LogP contribution in [0.4, 0.5) is 65.9 Å². The van der Waals surface area contributed by atoms with Crippen LogP contribution in [-0.2, 0) is 14.3 Å². The number of halogens is 15. The summed E-state index contributed by atoms with van der Waals surface area (Å²) in [5.74, 6) is -10.6. The Labute approximate surface area is 141 Å². The van der Waals surface area contributed by atoms with Gasteiger partial charge in [-0.2, -0.15) is 65.9 Å². The van der Waals surface area contributed by atoms with E-state index < -0.39 is 54.5 Å². The fourth-order valence-corrected chi connectivity index (χ4v) is 0.719. The molecule has 0 rings (SSSR count). The standard InChI is InChI=1S/C7HF11O4.C2F4/c8-1(9)2(10)21-7(17,18)5(13,6(14,15)16)22-4(11,12)3(19)20;3-1(4)2(5)6/h(H,19,20);. The molecule has 1 atom stereocenters. The monoisotopic (exact) mass is 458 g/mol. The molecule has 1 unspecified atom stereocenters. The second-order valence-electron chi connectivity index (χ2n) is 3.69. The lowest BCUT2D eigenvalue weighted by Crippen LogP contribution is -2.61. The van der Waals surface area contributed by atoms with Crippen molar-refractivity contribution in [1.29, 1.82) is 0 Å². The van der Waals surface area contributed by atoms with Gasteiger partial charge in [-0.15, -0.1) is 0 Å². The predicted octanol–water partition coefficient (Wildman–Crippen LogP) is 5.54. The van der Waals surface area contributed by atoms with Gasteiger partial charge in [0.25, 0.3) is 0 Å². The van der Waals surface area contributed by atoms with Crippen LogP contribution in [0, 0.1) is 0 Å². The van der Waals surface area contributed by atoms with Crippen molar-refractivity contribution in [3.8, 4) is 0 Å². The molecule has 0 fully saturated rings. The van der Waals surface area contributed by atoms with Crippen molar-refractivity contribution in [2.45, 2.75) is 24.2 Å². The van der Waals surface area contributed by atoms with Gasteiger partial charge in [-0.25, -0.2) is 4.79 Å². The number of carboxylic acid groups (broad SMARTS) is 1. The lowest BCUT2D eigenvalue weighted by molar-refractivity contribution is -0.491. The van der Waals surface area contributed by atoms with E-state index >= 15 is 0 Å². The Balaban J connectivity index is 0. The first kappa shape index (κ1) is 27.9. The first-order valence-electron chi connectivity index (χ1n) is 5.33. The average molecular weight is 458 g/mol. The summed E-state index contributed by atoms with van der Waals surface area (Å²) >= 11 is 0. The van der Waals surface area contributed by atoms with E-state index in [2.05, 4.69) is 0 Å². The number of alkyl halides is 8. The Morgan fingerprint density at radius 2 is 1.04 bits per heavy atom. The maximum Gasteiger partial charge on any atom is 0.471 e. The van der Waals surface area contributed by atoms with Crippen LogP contribution >= 0.6 is 0 Å². The van der Waals surface area contributed by atoms with Gasteiger partial charge in [0.15, 0.2) is 0 Å². The SMILES string of the molecule is FC(F)=C(F)F.O=C(O)C(F)(F)OC(F)(C(F)(F)F)C(F)(F)OC(F)=C(F)F. The smallest absolute Gasteiger partial charge is 0.471 e. The van der Waals surface area contributed by atoms with E-state index in [9.17, 15) is 70.7 Å². The molecule has 0 aliphatic carbocycles. The zero-order valence-corrected chi connectivity index (χ0v) is 11.8. The van der Waals surface area contributed by atoms with Crippen molar-refractivity contribution in [2.24, 2.45) is 0 Å². The van der Waals surface area contributed by atoms with E-state index in [1.165, 1.54) is 0 Å². The number of hydrogen-bond acceptors (Lipinski definition) is 3. The van der Waals surface area contributed by atoms with Gasteiger partial charge in [-0.3, -0.25) is 4.74 Å². The van der Waals surface area contributed by atoms with Gasteiger partial charge in [0.2, 0.25) is 0 Å². The van der Waals surface area contributed by atoms with E-state index in [4.69, 9.17) is 5.11 Å². The summed E-state index contributed by atoms with van der Waals surface area (Å²) in [5.41, 5.74) is 0. The molecule has 1 N–H and O–H groups in total. The second kappa shape index (κ2) is 9.24. The highest BCUT2D eigenvalue weighted by molar-refractivity contribution is 5.73. The zero-order chi connectivity index (χ0) is 23.3. The molecule has 0 bridgehead atoms. The molecule has 0 aromatic heterocycles. The third kappa shape index (κ3) is 7.35. The molecule has 0 aliphatic rings. The summed E-state index contributed by atoms with van der Waals surface area (Å²) in [6.45, 7) is 0. The lowest BCUT2D eigenvalue weighted by atomic mass is 10.2. The molecule has 0 aromatic carbocycles.